The van der Waals surface area contributed by atoms with Crippen LogP contribution in [0.25, 0.3) is 17.2 Å². The van der Waals surface area contributed by atoms with Gasteiger partial charge in [-0.05, 0) is 13.0 Å². The van der Waals surface area contributed by atoms with Crippen molar-refractivity contribution < 1.29 is 4.39 Å². The monoisotopic (exact) mass is 214 g/mol. The van der Waals surface area contributed by atoms with Crippen LogP contribution in [0, 0.1) is 0 Å². The van der Waals surface area contributed by atoms with Gasteiger partial charge < -0.3 is 0 Å². The molecule has 2 rings (SSSR count). The highest BCUT2D eigenvalue weighted by molar-refractivity contribution is 5.63. The minimum Gasteiger partial charge on any atom is -0.237 e. The molecule has 0 amide bonds. The number of aromatic nitrogens is 2. The SMILES string of the molecule is C/C=C(\F)c1ccc(-c2ncccn2)cc1. The molecule has 0 aliphatic carbocycles. The summed E-state index contributed by atoms with van der Waals surface area (Å²) in [6, 6.07) is 8.83. The molecule has 0 fully saturated rings. The first-order chi connectivity index (χ1) is 7.81. The molecule has 2 aromatic rings. The largest absolute Gasteiger partial charge is 0.237 e. The summed E-state index contributed by atoms with van der Waals surface area (Å²) in [5, 5.41) is 0. The van der Waals surface area contributed by atoms with Gasteiger partial charge in [0.05, 0.1) is 0 Å². The van der Waals surface area contributed by atoms with Crippen LogP contribution in [-0.2, 0) is 0 Å². The van der Waals surface area contributed by atoms with Crippen LogP contribution in [0.3, 0.4) is 0 Å². The molecule has 0 spiro atoms. The number of nitrogens with zero attached hydrogens (tertiary/aromatic N) is 2. The minimum atomic E-state index is -0.222. The van der Waals surface area contributed by atoms with Crippen LogP contribution in [-0.4, -0.2) is 9.97 Å². The Morgan fingerprint density at radius 1 is 1.12 bits per heavy atom. The van der Waals surface area contributed by atoms with Crippen molar-refractivity contribution in [1.82, 2.24) is 9.97 Å². The van der Waals surface area contributed by atoms with Crippen molar-refractivity contribution in [2.24, 2.45) is 0 Å². The fourth-order valence-corrected chi connectivity index (χ4v) is 1.39. The highest BCUT2D eigenvalue weighted by atomic mass is 19.1. The lowest BCUT2D eigenvalue weighted by molar-refractivity contribution is 0.758. The normalized spacial score (nSPS) is 11.5. The molecule has 3 heteroatoms. The Labute approximate surface area is 93.5 Å². The van der Waals surface area contributed by atoms with Crippen LogP contribution in [0.2, 0.25) is 0 Å². The van der Waals surface area contributed by atoms with Crippen molar-refractivity contribution in [2.75, 3.05) is 0 Å². The van der Waals surface area contributed by atoms with Crippen molar-refractivity contribution >= 4 is 5.83 Å². The molecule has 0 aliphatic heterocycles. The minimum absolute atomic E-state index is 0.222. The van der Waals surface area contributed by atoms with E-state index < -0.39 is 0 Å². The molecular formula is C13H11FN2. The third-order valence-electron chi connectivity index (χ3n) is 2.24. The number of hydrogen-bond donors (Lipinski definition) is 0. The van der Waals surface area contributed by atoms with Crippen LogP contribution >= 0.6 is 0 Å². The fourth-order valence-electron chi connectivity index (χ4n) is 1.39. The van der Waals surface area contributed by atoms with E-state index in [9.17, 15) is 4.39 Å². The summed E-state index contributed by atoms with van der Waals surface area (Å²) in [4.78, 5) is 8.25. The number of rotatable bonds is 2. The van der Waals surface area contributed by atoms with Crippen LogP contribution in [0.1, 0.15) is 12.5 Å². The third-order valence-corrected chi connectivity index (χ3v) is 2.24. The Kier molecular flexibility index (Phi) is 3.05. The lowest BCUT2D eigenvalue weighted by atomic mass is 10.1. The topological polar surface area (TPSA) is 25.8 Å². The summed E-state index contributed by atoms with van der Waals surface area (Å²) in [7, 11) is 0. The Bertz CT molecular complexity index is 489. The van der Waals surface area contributed by atoms with Crippen molar-refractivity contribution in [2.45, 2.75) is 6.92 Å². The van der Waals surface area contributed by atoms with Gasteiger partial charge in [-0.2, -0.15) is 0 Å². The van der Waals surface area contributed by atoms with Gasteiger partial charge in [-0.3, -0.25) is 0 Å². The Balaban J connectivity index is 2.34. The highest BCUT2D eigenvalue weighted by Crippen LogP contribution is 2.20. The molecule has 0 saturated heterocycles. The van der Waals surface area contributed by atoms with Crippen molar-refractivity contribution in [3.8, 4) is 11.4 Å². The van der Waals surface area contributed by atoms with E-state index in [2.05, 4.69) is 9.97 Å². The molecule has 1 aromatic carbocycles. The maximum absolute atomic E-state index is 13.2. The molecule has 0 atom stereocenters. The van der Waals surface area contributed by atoms with Crippen LogP contribution < -0.4 is 0 Å². The highest BCUT2D eigenvalue weighted by Gasteiger charge is 2.02. The van der Waals surface area contributed by atoms with Gasteiger partial charge in [0, 0.05) is 23.5 Å². The molecule has 1 heterocycles. The number of halogens is 1. The van der Waals surface area contributed by atoms with Crippen molar-refractivity contribution in [3.05, 3.63) is 54.4 Å². The lowest BCUT2D eigenvalue weighted by Gasteiger charge is -2.01. The molecular weight excluding hydrogens is 203 g/mol. The zero-order chi connectivity index (χ0) is 11.4. The second-order valence-electron chi connectivity index (χ2n) is 3.29. The molecule has 2 nitrogen and oxygen atoms in total. The Morgan fingerprint density at radius 2 is 1.75 bits per heavy atom. The third kappa shape index (κ3) is 2.14. The summed E-state index contributed by atoms with van der Waals surface area (Å²) < 4.78 is 13.2. The first-order valence-electron chi connectivity index (χ1n) is 5.01. The quantitative estimate of drug-likeness (QED) is 0.764. The first-order valence-corrected chi connectivity index (χ1v) is 5.01. The van der Waals surface area contributed by atoms with Gasteiger partial charge in [-0.25, -0.2) is 14.4 Å². The molecule has 16 heavy (non-hydrogen) atoms. The molecule has 0 aliphatic rings. The smallest absolute Gasteiger partial charge is 0.159 e. The van der Waals surface area contributed by atoms with Gasteiger partial charge in [-0.1, -0.05) is 30.3 Å². The molecule has 0 unspecified atom stereocenters. The van der Waals surface area contributed by atoms with E-state index in [4.69, 9.17) is 0 Å². The predicted octanol–water partition coefficient (Wildman–Crippen LogP) is 3.47. The van der Waals surface area contributed by atoms with E-state index in [-0.39, 0.29) is 5.83 Å². The Hall–Kier alpha value is -2.03. The van der Waals surface area contributed by atoms with E-state index in [1.807, 2.05) is 12.1 Å². The van der Waals surface area contributed by atoms with Gasteiger partial charge in [0.2, 0.25) is 0 Å². The van der Waals surface area contributed by atoms with Gasteiger partial charge in [0.25, 0.3) is 0 Å². The summed E-state index contributed by atoms with van der Waals surface area (Å²) in [5.74, 6) is 0.426. The summed E-state index contributed by atoms with van der Waals surface area (Å²) in [6.45, 7) is 1.67. The predicted molar refractivity (Wildman–Crippen MR) is 62.2 cm³/mol. The van der Waals surface area contributed by atoms with Crippen LogP contribution in [0.5, 0.6) is 0 Å². The first kappa shape index (κ1) is 10.5. The lowest BCUT2D eigenvalue weighted by Crippen LogP contribution is -1.87. The average Bonchev–Trinajstić information content (AvgIpc) is 2.39. The maximum atomic E-state index is 13.2. The zero-order valence-electron chi connectivity index (χ0n) is 8.89. The van der Waals surface area contributed by atoms with E-state index >= 15 is 0 Å². The number of benzene rings is 1. The van der Waals surface area contributed by atoms with Gasteiger partial charge in [0.1, 0.15) is 5.83 Å². The van der Waals surface area contributed by atoms with E-state index in [1.165, 1.54) is 6.08 Å². The van der Waals surface area contributed by atoms with E-state index in [1.54, 1.807) is 37.5 Å². The second kappa shape index (κ2) is 4.66. The average molecular weight is 214 g/mol. The Morgan fingerprint density at radius 3 is 2.31 bits per heavy atom. The van der Waals surface area contributed by atoms with E-state index in [0.717, 1.165) is 5.56 Å². The van der Waals surface area contributed by atoms with Gasteiger partial charge >= 0.3 is 0 Å². The van der Waals surface area contributed by atoms with Gasteiger partial charge in [-0.15, -0.1) is 0 Å². The zero-order valence-corrected chi connectivity index (χ0v) is 8.89. The summed E-state index contributed by atoms with van der Waals surface area (Å²) in [6.07, 6.45) is 4.81. The standard InChI is InChI=1S/C13H11FN2/c1-2-12(14)10-4-6-11(7-5-10)13-15-8-3-9-16-13/h2-9H,1H3/b12-2-. The summed E-state index contributed by atoms with van der Waals surface area (Å²) in [5.41, 5.74) is 1.45. The number of allylic oxidation sites excluding steroid dienone is 1. The second-order valence-corrected chi connectivity index (χ2v) is 3.29. The molecule has 80 valence electrons. The van der Waals surface area contributed by atoms with Crippen LogP contribution in [0.4, 0.5) is 4.39 Å². The maximum Gasteiger partial charge on any atom is 0.159 e. The van der Waals surface area contributed by atoms with Crippen molar-refractivity contribution in [3.63, 3.8) is 0 Å². The molecule has 0 N–H and O–H groups in total. The van der Waals surface area contributed by atoms with Crippen molar-refractivity contribution in [1.29, 1.82) is 0 Å². The fraction of sp³-hybridized carbons (Fsp3) is 0.0769. The molecule has 0 radical (unpaired) electrons. The molecule has 0 bridgehead atoms. The molecule has 0 saturated carbocycles. The van der Waals surface area contributed by atoms with E-state index in [0.29, 0.717) is 11.4 Å². The molecule has 1 aromatic heterocycles. The number of hydrogen-bond acceptors (Lipinski definition) is 2. The summed E-state index contributed by atoms with van der Waals surface area (Å²) >= 11 is 0. The van der Waals surface area contributed by atoms with Gasteiger partial charge in [0.15, 0.2) is 5.82 Å². The van der Waals surface area contributed by atoms with Crippen LogP contribution in [0.15, 0.2) is 48.8 Å².